The summed E-state index contributed by atoms with van der Waals surface area (Å²) in [6.07, 6.45) is -1.59. The van der Waals surface area contributed by atoms with E-state index < -0.39 is 12.0 Å². The van der Waals surface area contributed by atoms with Crippen molar-refractivity contribution in [2.24, 2.45) is 0 Å². The van der Waals surface area contributed by atoms with Gasteiger partial charge in [-0.1, -0.05) is 11.6 Å². The summed E-state index contributed by atoms with van der Waals surface area (Å²) in [5.74, 6) is -0.919. The van der Waals surface area contributed by atoms with Gasteiger partial charge in [-0.25, -0.2) is 9.97 Å². The first kappa shape index (κ1) is 13.4. The van der Waals surface area contributed by atoms with Gasteiger partial charge in [0, 0.05) is 18.7 Å². The molecule has 1 atom stereocenters. The van der Waals surface area contributed by atoms with Gasteiger partial charge in [-0.15, -0.1) is 0 Å². The second-order valence-electron chi connectivity index (χ2n) is 4.41. The molecule has 2 heterocycles. The van der Waals surface area contributed by atoms with Crippen molar-refractivity contribution in [3.8, 4) is 0 Å². The predicted molar refractivity (Wildman–Crippen MR) is 62.7 cm³/mol. The van der Waals surface area contributed by atoms with Gasteiger partial charge in [0.2, 0.25) is 5.82 Å². The number of hydrogen-bond acceptors (Lipinski definition) is 3. The summed E-state index contributed by atoms with van der Waals surface area (Å²) in [6.45, 7) is 2.67. The van der Waals surface area contributed by atoms with E-state index in [1.807, 2.05) is 11.8 Å². The fraction of sp³-hybridized carbons (Fsp3) is 0.636. The quantitative estimate of drug-likeness (QED) is 0.737. The number of aromatic nitrogens is 2. The molecule has 0 radical (unpaired) electrons. The molecule has 1 aromatic heterocycles. The zero-order valence-corrected chi connectivity index (χ0v) is 10.6. The van der Waals surface area contributed by atoms with Gasteiger partial charge in [-0.2, -0.15) is 13.2 Å². The molecular formula is C11H13ClF3N3. The Morgan fingerprint density at radius 1 is 1.33 bits per heavy atom. The minimum absolute atomic E-state index is 0.172. The highest BCUT2D eigenvalue weighted by atomic mass is 35.5. The van der Waals surface area contributed by atoms with Crippen LogP contribution in [0.25, 0.3) is 0 Å². The summed E-state index contributed by atoms with van der Waals surface area (Å²) in [7, 11) is 0. The molecule has 1 fully saturated rings. The van der Waals surface area contributed by atoms with Crippen LogP contribution < -0.4 is 4.90 Å². The van der Waals surface area contributed by atoms with Crippen LogP contribution in [0.3, 0.4) is 0 Å². The number of rotatable bonds is 1. The lowest BCUT2D eigenvalue weighted by atomic mass is 10.0. The third kappa shape index (κ3) is 2.85. The molecule has 0 bridgehead atoms. The molecule has 3 nitrogen and oxygen atoms in total. The van der Waals surface area contributed by atoms with Crippen LogP contribution in [-0.4, -0.2) is 22.6 Å². The van der Waals surface area contributed by atoms with Gasteiger partial charge in [0.15, 0.2) is 0 Å². The summed E-state index contributed by atoms with van der Waals surface area (Å²) >= 11 is 5.65. The van der Waals surface area contributed by atoms with Crippen molar-refractivity contribution in [3.05, 3.63) is 17.0 Å². The second-order valence-corrected chi connectivity index (χ2v) is 4.80. The molecule has 1 aliphatic rings. The van der Waals surface area contributed by atoms with E-state index in [1.54, 1.807) is 0 Å². The zero-order chi connectivity index (χ0) is 13.3. The molecule has 0 amide bonds. The largest absolute Gasteiger partial charge is 0.451 e. The van der Waals surface area contributed by atoms with Crippen LogP contribution in [0.15, 0.2) is 6.07 Å². The van der Waals surface area contributed by atoms with Crippen molar-refractivity contribution in [3.63, 3.8) is 0 Å². The molecule has 2 rings (SSSR count). The van der Waals surface area contributed by atoms with Crippen LogP contribution in [-0.2, 0) is 6.18 Å². The van der Waals surface area contributed by atoms with E-state index in [2.05, 4.69) is 9.97 Å². The first-order valence-corrected chi connectivity index (χ1v) is 6.14. The number of anilines is 1. The van der Waals surface area contributed by atoms with Crippen molar-refractivity contribution in [2.75, 3.05) is 11.4 Å². The lowest BCUT2D eigenvalue weighted by Crippen LogP contribution is -2.38. The fourth-order valence-corrected chi connectivity index (χ4v) is 2.30. The van der Waals surface area contributed by atoms with Crippen molar-refractivity contribution in [2.45, 2.75) is 38.4 Å². The average molecular weight is 280 g/mol. The van der Waals surface area contributed by atoms with Gasteiger partial charge in [-0.3, -0.25) is 0 Å². The lowest BCUT2D eigenvalue weighted by Gasteiger charge is -2.34. The topological polar surface area (TPSA) is 29.0 Å². The maximum atomic E-state index is 12.6. The van der Waals surface area contributed by atoms with Crippen LogP contribution in [0.4, 0.5) is 19.0 Å². The van der Waals surface area contributed by atoms with Crippen LogP contribution in [0.1, 0.15) is 32.0 Å². The molecule has 100 valence electrons. The maximum absolute atomic E-state index is 12.6. The van der Waals surface area contributed by atoms with E-state index in [4.69, 9.17) is 11.6 Å². The molecule has 1 unspecified atom stereocenters. The summed E-state index contributed by atoms with van der Waals surface area (Å²) in [4.78, 5) is 8.67. The van der Waals surface area contributed by atoms with E-state index in [1.165, 1.54) is 6.07 Å². The van der Waals surface area contributed by atoms with Gasteiger partial charge in [0.05, 0.1) is 0 Å². The first-order chi connectivity index (χ1) is 8.38. The minimum atomic E-state index is -4.57. The molecule has 1 saturated heterocycles. The molecule has 18 heavy (non-hydrogen) atoms. The smallest absolute Gasteiger partial charge is 0.354 e. The standard InChI is InChI=1S/C11H13ClF3N3/c1-7-4-2-3-5-18(7)9-6-8(12)16-10(17-9)11(13,14)15/h6-7H,2-5H2,1H3. The Hall–Kier alpha value is -1.04. The Bertz CT molecular complexity index is 436. The first-order valence-electron chi connectivity index (χ1n) is 5.76. The van der Waals surface area contributed by atoms with E-state index >= 15 is 0 Å². The number of halogens is 4. The Kier molecular flexibility index (Phi) is 3.66. The normalized spacial score (nSPS) is 21.2. The second kappa shape index (κ2) is 4.91. The van der Waals surface area contributed by atoms with Crippen LogP contribution in [0, 0.1) is 0 Å². The van der Waals surface area contributed by atoms with Crippen molar-refractivity contribution in [1.82, 2.24) is 9.97 Å². The Labute approximate surface area is 108 Å². The molecule has 1 aromatic rings. The lowest BCUT2D eigenvalue weighted by molar-refractivity contribution is -0.144. The molecule has 7 heteroatoms. The highest BCUT2D eigenvalue weighted by Gasteiger charge is 2.36. The van der Waals surface area contributed by atoms with Gasteiger partial charge in [-0.05, 0) is 26.2 Å². The molecule has 0 aromatic carbocycles. The third-order valence-electron chi connectivity index (χ3n) is 3.03. The van der Waals surface area contributed by atoms with E-state index in [0.717, 1.165) is 19.3 Å². The van der Waals surface area contributed by atoms with Crippen LogP contribution in [0.2, 0.25) is 5.15 Å². The van der Waals surface area contributed by atoms with Crippen LogP contribution in [0.5, 0.6) is 0 Å². The average Bonchev–Trinajstić information content (AvgIpc) is 2.27. The summed E-state index contributed by atoms with van der Waals surface area (Å²) < 4.78 is 37.8. The van der Waals surface area contributed by atoms with Gasteiger partial charge in [0.1, 0.15) is 11.0 Å². The van der Waals surface area contributed by atoms with Gasteiger partial charge in [0.25, 0.3) is 0 Å². The van der Waals surface area contributed by atoms with Gasteiger partial charge >= 0.3 is 6.18 Å². The van der Waals surface area contributed by atoms with Crippen LogP contribution >= 0.6 is 11.6 Å². The van der Waals surface area contributed by atoms with E-state index in [0.29, 0.717) is 6.54 Å². The molecular weight excluding hydrogens is 267 g/mol. The number of alkyl halides is 3. The molecule has 0 N–H and O–H groups in total. The van der Waals surface area contributed by atoms with Crippen molar-refractivity contribution in [1.29, 1.82) is 0 Å². The molecule has 0 saturated carbocycles. The summed E-state index contributed by atoms with van der Waals surface area (Å²) in [6, 6.07) is 1.56. The predicted octanol–water partition coefficient (Wildman–Crippen LogP) is 3.53. The fourth-order valence-electron chi connectivity index (χ4n) is 2.12. The SMILES string of the molecule is CC1CCCCN1c1cc(Cl)nc(C(F)(F)F)n1. The monoisotopic (exact) mass is 279 g/mol. The minimum Gasteiger partial charge on any atom is -0.354 e. The summed E-state index contributed by atoms with van der Waals surface area (Å²) in [5.41, 5.74) is 0. The van der Waals surface area contributed by atoms with Crippen molar-refractivity contribution < 1.29 is 13.2 Å². The van der Waals surface area contributed by atoms with Gasteiger partial charge < -0.3 is 4.90 Å². The van der Waals surface area contributed by atoms with Crippen molar-refractivity contribution >= 4 is 17.4 Å². The van der Waals surface area contributed by atoms with E-state index in [-0.39, 0.29) is 17.0 Å². The Balaban J connectivity index is 2.35. The Morgan fingerprint density at radius 2 is 2.06 bits per heavy atom. The summed E-state index contributed by atoms with van der Waals surface area (Å²) in [5, 5.41) is -0.176. The zero-order valence-electron chi connectivity index (χ0n) is 9.84. The number of nitrogens with zero attached hydrogens (tertiary/aromatic N) is 3. The molecule has 1 aliphatic heterocycles. The highest BCUT2D eigenvalue weighted by molar-refractivity contribution is 6.29. The maximum Gasteiger partial charge on any atom is 0.451 e. The molecule has 0 spiro atoms. The Morgan fingerprint density at radius 3 is 2.67 bits per heavy atom. The highest BCUT2D eigenvalue weighted by Crippen LogP contribution is 2.31. The van der Waals surface area contributed by atoms with E-state index in [9.17, 15) is 13.2 Å². The number of piperidine rings is 1. The third-order valence-corrected chi connectivity index (χ3v) is 3.23. The number of hydrogen-bond donors (Lipinski definition) is 0. The molecule has 0 aliphatic carbocycles.